The van der Waals surface area contributed by atoms with E-state index in [0.717, 1.165) is 24.3 Å². The van der Waals surface area contributed by atoms with Crippen molar-refractivity contribution in [2.75, 3.05) is 0 Å². The number of hydrogen-bond donors (Lipinski definition) is 6. The van der Waals surface area contributed by atoms with Crippen LogP contribution >= 0.6 is 0 Å². The lowest BCUT2D eigenvalue weighted by Gasteiger charge is -2.28. The van der Waals surface area contributed by atoms with Gasteiger partial charge in [-0.05, 0) is 43.5 Å². The second-order valence-electron chi connectivity index (χ2n) is 6.95. The molecule has 1 aliphatic rings. The third-order valence-electron chi connectivity index (χ3n) is 4.74. The zero-order valence-electron chi connectivity index (χ0n) is 15.6. The summed E-state index contributed by atoms with van der Waals surface area (Å²) in [6.07, 6.45) is 0.623. The molecule has 2 aromatic rings. The number of phenolic OH excluding ortho intramolecular Hbond substituents is 6. The van der Waals surface area contributed by atoms with Crippen molar-refractivity contribution in [2.24, 2.45) is 0 Å². The van der Waals surface area contributed by atoms with Crippen LogP contribution in [0.1, 0.15) is 46.4 Å². The van der Waals surface area contributed by atoms with Crippen molar-refractivity contribution in [1.29, 1.82) is 0 Å². The van der Waals surface area contributed by atoms with Gasteiger partial charge in [-0.25, -0.2) is 9.59 Å². The zero-order chi connectivity index (χ0) is 22.0. The molecule has 30 heavy (non-hydrogen) atoms. The van der Waals surface area contributed by atoms with E-state index < -0.39 is 58.6 Å². The fourth-order valence-electron chi connectivity index (χ4n) is 3.20. The highest BCUT2D eigenvalue weighted by atomic mass is 16.6. The molecule has 1 fully saturated rings. The summed E-state index contributed by atoms with van der Waals surface area (Å²) in [7, 11) is 0. The Morgan fingerprint density at radius 3 is 1.33 bits per heavy atom. The third kappa shape index (κ3) is 4.43. The lowest BCUT2D eigenvalue weighted by atomic mass is 9.94. The molecule has 160 valence electrons. The van der Waals surface area contributed by atoms with Crippen LogP contribution in [0.15, 0.2) is 24.3 Å². The quantitative estimate of drug-likeness (QED) is 0.318. The van der Waals surface area contributed by atoms with Gasteiger partial charge in [0.2, 0.25) is 0 Å². The molecular formula is C20H20O10. The average molecular weight is 420 g/mol. The smallest absolute Gasteiger partial charge is 0.338 e. The van der Waals surface area contributed by atoms with Crippen LogP contribution in [0.4, 0.5) is 0 Å². The van der Waals surface area contributed by atoms with Gasteiger partial charge >= 0.3 is 11.9 Å². The van der Waals surface area contributed by atoms with Gasteiger partial charge < -0.3 is 40.1 Å². The number of hydrogen-bond acceptors (Lipinski definition) is 10. The molecular weight excluding hydrogens is 400 g/mol. The van der Waals surface area contributed by atoms with Crippen molar-refractivity contribution >= 4 is 11.9 Å². The average Bonchev–Trinajstić information content (AvgIpc) is 2.69. The highest BCUT2D eigenvalue weighted by Gasteiger charge is 2.29. The van der Waals surface area contributed by atoms with Crippen LogP contribution in [0.2, 0.25) is 0 Å². The second kappa shape index (κ2) is 8.27. The lowest BCUT2D eigenvalue weighted by molar-refractivity contribution is -0.0178. The van der Waals surface area contributed by atoms with Gasteiger partial charge in [-0.2, -0.15) is 0 Å². The first kappa shape index (κ1) is 20.9. The molecule has 0 radical (unpaired) electrons. The minimum atomic E-state index is -0.828. The molecule has 0 aliphatic heterocycles. The van der Waals surface area contributed by atoms with Crippen molar-refractivity contribution in [3.8, 4) is 34.5 Å². The molecule has 2 aromatic carbocycles. The van der Waals surface area contributed by atoms with Crippen LogP contribution in [0.3, 0.4) is 0 Å². The van der Waals surface area contributed by atoms with Crippen molar-refractivity contribution in [2.45, 2.75) is 37.9 Å². The SMILES string of the molecule is O=C(O[C@@H]1CCC[C@H](OC(=O)c2cc(O)c(O)c(O)c2)C1)c1cc(O)c(O)c(O)c1. The van der Waals surface area contributed by atoms with E-state index in [1.165, 1.54) is 0 Å². The Morgan fingerprint density at radius 1 is 0.667 bits per heavy atom. The second-order valence-corrected chi connectivity index (χ2v) is 6.95. The molecule has 10 heteroatoms. The van der Waals surface area contributed by atoms with E-state index >= 15 is 0 Å². The summed E-state index contributed by atoms with van der Waals surface area (Å²) >= 11 is 0. The lowest BCUT2D eigenvalue weighted by Crippen LogP contribution is -2.31. The van der Waals surface area contributed by atoms with E-state index in [9.17, 15) is 40.2 Å². The van der Waals surface area contributed by atoms with Crippen molar-refractivity contribution in [3.63, 3.8) is 0 Å². The first-order chi connectivity index (χ1) is 14.2. The Labute approximate surface area is 170 Å². The molecule has 1 saturated carbocycles. The van der Waals surface area contributed by atoms with Crippen molar-refractivity contribution < 1.29 is 49.7 Å². The minimum absolute atomic E-state index is 0.156. The van der Waals surface area contributed by atoms with Crippen LogP contribution in [0, 0.1) is 0 Å². The van der Waals surface area contributed by atoms with Crippen LogP contribution in [0.5, 0.6) is 34.5 Å². The Morgan fingerprint density at radius 2 is 1.00 bits per heavy atom. The fourth-order valence-corrected chi connectivity index (χ4v) is 3.20. The molecule has 0 saturated heterocycles. The highest BCUT2D eigenvalue weighted by molar-refractivity contribution is 5.92. The van der Waals surface area contributed by atoms with Gasteiger partial charge in [-0.1, -0.05) is 0 Å². The Kier molecular flexibility index (Phi) is 5.77. The van der Waals surface area contributed by atoms with Gasteiger partial charge in [0.1, 0.15) is 12.2 Å². The number of ether oxygens (including phenoxy) is 2. The largest absolute Gasteiger partial charge is 0.504 e. The first-order valence-corrected chi connectivity index (χ1v) is 9.07. The number of carbonyl (C=O) groups excluding carboxylic acids is 2. The Hall–Kier alpha value is -3.82. The number of aromatic hydroxyl groups is 6. The van der Waals surface area contributed by atoms with E-state index in [1.807, 2.05) is 0 Å². The normalized spacial score (nSPS) is 18.5. The monoisotopic (exact) mass is 420 g/mol. The maximum atomic E-state index is 12.3. The molecule has 0 amide bonds. The summed E-state index contributed by atoms with van der Waals surface area (Å²) in [5.74, 6) is -5.83. The molecule has 6 N–H and O–H groups in total. The van der Waals surface area contributed by atoms with Gasteiger partial charge in [0.25, 0.3) is 0 Å². The van der Waals surface area contributed by atoms with Gasteiger partial charge in [0.15, 0.2) is 34.5 Å². The summed E-state index contributed by atoms with van der Waals surface area (Å²) < 4.78 is 10.7. The first-order valence-electron chi connectivity index (χ1n) is 9.07. The maximum absolute atomic E-state index is 12.3. The van der Waals surface area contributed by atoms with E-state index in [2.05, 4.69) is 0 Å². The summed E-state index contributed by atoms with van der Waals surface area (Å²) in [6, 6.07) is 3.84. The number of rotatable bonds is 4. The Balaban J connectivity index is 1.63. The molecule has 2 atom stereocenters. The predicted octanol–water partition coefficient (Wildman–Crippen LogP) is 2.25. The van der Waals surface area contributed by atoms with Gasteiger partial charge in [-0.15, -0.1) is 0 Å². The summed E-state index contributed by atoms with van der Waals surface area (Å²) in [5.41, 5.74) is -0.311. The van der Waals surface area contributed by atoms with Gasteiger partial charge in [-0.3, -0.25) is 0 Å². The number of phenols is 6. The van der Waals surface area contributed by atoms with Gasteiger partial charge in [0, 0.05) is 6.42 Å². The predicted molar refractivity (Wildman–Crippen MR) is 99.7 cm³/mol. The standard InChI is InChI=1S/C20H20O10/c21-13-4-9(5-14(22)17(13)25)19(27)29-11-2-1-3-12(8-11)30-20(28)10-6-15(23)18(26)16(24)7-10/h4-7,11-12,21-26H,1-3,8H2/t11-,12+. The topological polar surface area (TPSA) is 174 Å². The molecule has 0 heterocycles. The van der Waals surface area contributed by atoms with E-state index in [0.29, 0.717) is 19.3 Å². The molecule has 10 nitrogen and oxygen atoms in total. The minimum Gasteiger partial charge on any atom is -0.504 e. The molecule has 0 aromatic heterocycles. The summed E-state index contributed by atoms with van der Waals surface area (Å²) in [6.45, 7) is 0. The van der Waals surface area contributed by atoms with Crippen LogP contribution in [-0.4, -0.2) is 54.8 Å². The molecule has 0 unspecified atom stereocenters. The number of esters is 2. The third-order valence-corrected chi connectivity index (χ3v) is 4.74. The summed E-state index contributed by atoms with van der Waals surface area (Å²) in [5, 5.41) is 56.8. The summed E-state index contributed by atoms with van der Waals surface area (Å²) in [4.78, 5) is 24.5. The van der Waals surface area contributed by atoms with Crippen molar-refractivity contribution in [3.05, 3.63) is 35.4 Å². The van der Waals surface area contributed by atoms with Gasteiger partial charge in [0.05, 0.1) is 11.1 Å². The number of benzene rings is 2. The molecule has 0 bridgehead atoms. The van der Waals surface area contributed by atoms with Crippen LogP contribution in [0.25, 0.3) is 0 Å². The zero-order valence-corrected chi connectivity index (χ0v) is 15.6. The molecule has 1 aliphatic carbocycles. The highest BCUT2D eigenvalue weighted by Crippen LogP contribution is 2.37. The van der Waals surface area contributed by atoms with E-state index in [4.69, 9.17) is 9.47 Å². The van der Waals surface area contributed by atoms with Crippen molar-refractivity contribution in [1.82, 2.24) is 0 Å². The van der Waals surface area contributed by atoms with Crippen LogP contribution < -0.4 is 0 Å². The number of carbonyl (C=O) groups is 2. The fraction of sp³-hybridized carbons (Fsp3) is 0.300. The van der Waals surface area contributed by atoms with Crippen LogP contribution in [-0.2, 0) is 9.47 Å². The van der Waals surface area contributed by atoms with E-state index in [-0.39, 0.29) is 17.5 Å². The van der Waals surface area contributed by atoms with E-state index in [1.54, 1.807) is 0 Å². The Bertz CT molecular complexity index is 860. The maximum Gasteiger partial charge on any atom is 0.338 e. The molecule has 0 spiro atoms. The molecule has 3 rings (SSSR count).